The standard InChI is InChI=1S/C18H21N3/c1-14-6-8-15(9-7-14)10-11-18-20-16(13-19-2)17-5-3-4-12-21(17)18/h3-9,12,19H,10-11,13H2,1-2H3. The van der Waals surface area contributed by atoms with Gasteiger partial charge in [-0.2, -0.15) is 0 Å². The molecule has 21 heavy (non-hydrogen) atoms. The second kappa shape index (κ2) is 6.10. The van der Waals surface area contributed by atoms with Crippen molar-refractivity contribution in [3.8, 4) is 0 Å². The molecule has 108 valence electrons. The fraction of sp³-hybridized carbons (Fsp3) is 0.278. The van der Waals surface area contributed by atoms with E-state index in [0.717, 1.165) is 30.9 Å². The highest BCUT2D eigenvalue weighted by Gasteiger charge is 2.09. The Bertz CT molecular complexity index is 726. The maximum Gasteiger partial charge on any atom is 0.113 e. The van der Waals surface area contributed by atoms with Crippen LogP contribution >= 0.6 is 0 Å². The van der Waals surface area contributed by atoms with Crippen molar-refractivity contribution < 1.29 is 0 Å². The van der Waals surface area contributed by atoms with E-state index in [1.807, 2.05) is 7.05 Å². The maximum absolute atomic E-state index is 4.81. The third-order valence-corrected chi connectivity index (χ3v) is 3.80. The van der Waals surface area contributed by atoms with E-state index < -0.39 is 0 Å². The first-order valence-corrected chi connectivity index (χ1v) is 7.43. The molecule has 0 saturated heterocycles. The van der Waals surface area contributed by atoms with Gasteiger partial charge in [0, 0.05) is 19.2 Å². The van der Waals surface area contributed by atoms with Crippen LogP contribution in [0.4, 0.5) is 0 Å². The molecule has 0 aliphatic heterocycles. The van der Waals surface area contributed by atoms with Gasteiger partial charge in [0.05, 0.1) is 11.2 Å². The number of nitrogens with one attached hydrogen (secondary N) is 1. The average Bonchev–Trinajstić information content (AvgIpc) is 2.86. The Morgan fingerprint density at radius 3 is 2.62 bits per heavy atom. The molecule has 0 aliphatic rings. The fourth-order valence-electron chi connectivity index (χ4n) is 2.66. The van der Waals surface area contributed by atoms with Crippen LogP contribution in [0.25, 0.3) is 5.52 Å². The van der Waals surface area contributed by atoms with Crippen molar-refractivity contribution in [1.29, 1.82) is 0 Å². The Kier molecular flexibility index (Phi) is 4.02. The Balaban J connectivity index is 1.84. The van der Waals surface area contributed by atoms with Crippen molar-refractivity contribution in [2.45, 2.75) is 26.3 Å². The molecule has 0 amide bonds. The van der Waals surface area contributed by atoms with Gasteiger partial charge in [0.15, 0.2) is 0 Å². The summed E-state index contributed by atoms with van der Waals surface area (Å²) in [6.07, 6.45) is 4.08. The van der Waals surface area contributed by atoms with Crippen molar-refractivity contribution in [1.82, 2.24) is 14.7 Å². The van der Waals surface area contributed by atoms with Crippen LogP contribution < -0.4 is 5.32 Å². The maximum atomic E-state index is 4.81. The number of nitrogens with zero attached hydrogens (tertiary/aromatic N) is 2. The third kappa shape index (κ3) is 2.98. The number of aromatic nitrogens is 2. The molecule has 0 unspecified atom stereocenters. The molecule has 3 heteroatoms. The van der Waals surface area contributed by atoms with E-state index >= 15 is 0 Å². The quantitative estimate of drug-likeness (QED) is 0.777. The van der Waals surface area contributed by atoms with Crippen molar-refractivity contribution in [2.24, 2.45) is 0 Å². The summed E-state index contributed by atoms with van der Waals surface area (Å²) in [5.74, 6) is 1.14. The smallest absolute Gasteiger partial charge is 0.113 e. The monoisotopic (exact) mass is 279 g/mol. The Morgan fingerprint density at radius 2 is 1.86 bits per heavy atom. The highest BCUT2D eigenvalue weighted by atomic mass is 15.0. The summed E-state index contributed by atoms with van der Waals surface area (Å²) in [6.45, 7) is 2.92. The number of hydrogen-bond donors (Lipinski definition) is 1. The summed E-state index contributed by atoms with van der Waals surface area (Å²) in [4.78, 5) is 4.81. The van der Waals surface area contributed by atoms with Crippen molar-refractivity contribution >= 4 is 5.52 Å². The van der Waals surface area contributed by atoms with E-state index in [4.69, 9.17) is 4.98 Å². The lowest BCUT2D eigenvalue weighted by Gasteiger charge is -2.02. The lowest BCUT2D eigenvalue weighted by molar-refractivity contribution is 0.789. The molecule has 0 aliphatic carbocycles. The van der Waals surface area contributed by atoms with Crippen LogP contribution in [0.15, 0.2) is 48.7 Å². The van der Waals surface area contributed by atoms with E-state index in [-0.39, 0.29) is 0 Å². The molecular weight excluding hydrogens is 258 g/mol. The van der Waals surface area contributed by atoms with Gasteiger partial charge >= 0.3 is 0 Å². The molecule has 0 bridgehead atoms. The van der Waals surface area contributed by atoms with Gasteiger partial charge in [0.1, 0.15) is 5.82 Å². The Morgan fingerprint density at radius 1 is 1.05 bits per heavy atom. The predicted molar refractivity (Wildman–Crippen MR) is 86.5 cm³/mol. The minimum absolute atomic E-state index is 0.804. The summed E-state index contributed by atoms with van der Waals surface area (Å²) >= 11 is 0. The van der Waals surface area contributed by atoms with Gasteiger partial charge in [0.2, 0.25) is 0 Å². The van der Waals surface area contributed by atoms with Crippen LogP contribution in [0, 0.1) is 6.92 Å². The fourth-order valence-corrected chi connectivity index (χ4v) is 2.66. The van der Waals surface area contributed by atoms with Gasteiger partial charge in [-0.3, -0.25) is 0 Å². The van der Waals surface area contributed by atoms with Gasteiger partial charge in [-0.25, -0.2) is 4.98 Å². The summed E-state index contributed by atoms with van der Waals surface area (Å²) in [5.41, 5.74) is 4.99. The van der Waals surface area contributed by atoms with Gasteiger partial charge in [-0.15, -0.1) is 0 Å². The summed E-state index contributed by atoms with van der Waals surface area (Å²) in [5, 5.41) is 3.19. The normalized spacial score (nSPS) is 11.1. The van der Waals surface area contributed by atoms with Crippen LogP contribution in [-0.4, -0.2) is 16.4 Å². The van der Waals surface area contributed by atoms with E-state index in [9.17, 15) is 0 Å². The van der Waals surface area contributed by atoms with E-state index in [2.05, 4.69) is 65.3 Å². The van der Waals surface area contributed by atoms with Crippen LogP contribution in [0.2, 0.25) is 0 Å². The molecule has 3 nitrogen and oxygen atoms in total. The Hall–Kier alpha value is -2.13. The highest BCUT2D eigenvalue weighted by molar-refractivity contribution is 5.53. The van der Waals surface area contributed by atoms with Gasteiger partial charge in [-0.1, -0.05) is 35.9 Å². The first-order chi connectivity index (χ1) is 10.3. The molecule has 3 aromatic rings. The minimum Gasteiger partial charge on any atom is -0.314 e. The molecule has 2 aromatic heterocycles. The molecule has 2 heterocycles. The average molecular weight is 279 g/mol. The molecule has 0 fully saturated rings. The zero-order chi connectivity index (χ0) is 14.7. The van der Waals surface area contributed by atoms with E-state index in [0.29, 0.717) is 0 Å². The second-order valence-corrected chi connectivity index (χ2v) is 5.45. The summed E-state index contributed by atoms with van der Waals surface area (Å²) in [7, 11) is 1.96. The van der Waals surface area contributed by atoms with Crippen LogP contribution in [0.5, 0.6) is 0 Å². The Labute approximate surface area is 125 Å². The molecule has 0 spiro atoms. The number of hydrogen-bond acceptors (Lipinski definition) is 2. The predicted octanol–water partition coefficient (Wildman–Crippen LogP) is 3.15. The van der Waals surface area contributed by atoms with Crippen molar-refractivity contribution in [2.75, 3.05) is 7.05 Å². The number of pyridine rings is 1. The SMILES string of the molecule is CNCc1nc(CCc2ccc(C)cc2)n2ccccc12. The largest absolute Gasteiger partial charge is 0.314 e. The topological polar surface area (TPSA) is 29.3 Å². The molecule has 1 N–H and O–H groups in total. The molecule has 3 rings (SSSR count). The van der Waals surface area contributed by atoms with Crippen LogP contribution in [0.1, 0.15) is 22.6 Å². The molecule has 0 saturated carbocycles. The zero-order valence-electron chi connectivity index (χ0n) is 12.6. The summed E-state index contributed by atoms with van der Waals surface area (Å²) in [6, 6.07) is 15.0. The van der Waals surface area contributed by atoms with Gasteiger partial charge in [0.25, 0.3) is 0 Å². The number of aryl methyl sites for hydroxylation is 3. The van der Waals surface area contributed by atoms with Gasteiger partial charge in [-0.05, 0) is 38.1 Å². The van der Waals surface area contributed by atoms with E-state index in [1.165, 1.54) is 16.6 Å². The van der Waals surface area contributed by atoms with Crippen LogP contribution in [-0.2, 0) is 19.4 Å². The van der Waals surface area contributed by atoms with Crippen LogP contribution in [0.3, 0.4) is 0 Å². The number of rotatable bonds is 5. The molecular formula is C18H21N3. The molecule has 0 atom stereocenters. The van der Waals surface area contributed by atoms with Crippen molar-refractivity contribution in [3.05, 3.63) is 71.3 Å². The lowest BCUT2D eigenvalue weighted by Crippen LogP contribution is -2.05. The third-order valence-electron chi connectivity index (χ3n) is 3.80. The lowest BCUT2D eigenvalue weighted by atomic mass is 10.1. The first-order valence-electron chi connectivity index (χ1n) is 7.43. The van der Waals surface area contributed by atoms with Crippen molar-refractivity contribution in [3.63, 3.8) is 0 Å². The zero-order valence-corrected chi connectivity index (χ0v) is 12.6. The molecule has 0 radical (unpaired) electrons. The second-order valence-electron chi connectivity index (χ2n) is 5.45. The summed E-state index contributed by atoms with van der Waals surface area (Å²) < 4.78 is 2.21. The van der Waals surface area contributed by atoms with Gasteiger partial charge < -0.3 is 9.72 Å². The number of fused-ring (bicyclic) bond motifs is 1. The first kappa shape index (κ1) is 13.8. The number of benzene rings is 1. The minimum atomic E-state index is 0.804. The highest BCUT2D eigenvalue weighted by Crippen LogP contribution is 2.15. The molecule has 1 aromatic carbocycles. The number of imidazole rings is 1. The van der Waals surface area contributed by atoms with E-state index in [1.54, 1.807) is 0 Å².